The molecule has 72 valence electrons. The molecule has 0 aromatic carbocycles. The summed E-state index contributed by atoms with van der Waals surface area (Å²) >= 11 is 6.91. The average molecular weight is 221 g/mol. The van der Waals surface area contributed by atoms with Crippen molar-refractivity contribution in [3.63, 3.8) is 0 Å². The third-order valence-electron chi connectivity index (χ3n) is 1.28. The van der Waals surface area contributed by atoms with Crippen molar-refractivity contribution in [3.05, 3.63) is 10.0 Å². The van der Waals surface area contributed by atoms with Crippen LogP contribution in [-0.2, 0) is 16.0 Å². The van der Waals surface area contributed by atoms with E-state index in [1.807, 2.05) is 0 Å². The molecule has 0 fully saturated rings. The highest BCUT2D eigenvalue weighted by Crippen LogP contribution is 2.26. The standard InChI is InChI=1S/C7H9ClN2O2S/c1-2-12-5(11)3-4-6(8)13-7(9)10-4/h2-3H2,1H3,(H2,9,10). The fraction of sp³-hybridized carbons (Fsp3) is 0.429. The summed E-state index contributed by atoms with van der Waals surface area (Å²) in [4.78, 5) is 14.9. The minimum Gasteiger partial charge on any atom is -0.466 e. The highest BCUT2D eigenvalue weighted by atomic mass is 35.5. The highest BCUT2D eigenvalue weighted by molar-refractivity contribution is 7.19. The summed E-state index contributed by atoms with van der Waals surface area (Å²) in [5.74, 6) is -0.338. The van der Waals surface area contributed by atoms with Gasteiger partial charge in [-0.2, -0.15) is 0 Å². The molecule has 1 rings (SSSR count). The Morgan fingerprint density at radius 2 is 2.46 bits per heavy atom. The van der Waals surface area contributed by atoms with Gasteiger partial charge in [0, 0.05) is 0 Å². The van der Waals surface area contributed by atoms with Crippen LogP contribution in [0, 0.1) is 0 Å². The van der Waals surface area contributed by atoms with Crippen LogP contribution < -0.4 is 5.73 Å². The van der Waals surface area contributed by atoms with Crippen molar-refractivity contribution < 1.29 is 9.53 Å². The van der Waals surface area contributed by atoms with E-state index in [1.54, 1.807) is 6.92 Å². The maximum Gasteiger partial charge on any atom is 0.311 e. The van der Waals surface area contributed by atoms with Gasteiger partial charge in [-0.3, -0.25) is 4.79 Å². The third kappa shape index (κ3) is 2.86. The Hall–Kier alpha value is -0.810. The number of rotatable bonds is 3. The number of halogens is 1. The minimum atomic E-state index is -0.338. The molecule has 0 unspecified atom stereocenters. The van der Waals surface area contributed by atoms with Gasteiger partial charge in [0.15, 0.2) is 5.13 Å². The van der Waals surface area contributed by atoms with Gasteiger partial charge >= 0.3 is 5.97 Å². The molecule has 1 heterocycles. The molecule has 0 bridgehead atoms. The SMILES string of the molecule is CCOC(=O)Cc1nc(N)sc1Cl. The average Bonchev–Trinajstić information content (AvgIpc) is 2.30. The molecule has 6 heteroatoms. The third-order valence-corrected chi connectivity index (χ3v) is 2.45. The Balaban J connectivity index is 2.63. The first-order chi connectivity index (χ1) is 6.13. The number of hydrogen-bond donors (Lipinski definition) is 1. The molecular formula is C7H9ClN2O2S. The van der Waals surface area contributed by atoms with Gasteiger partial charge in [0.1, 0.15) is 4.34 Å². The van der Waals surface area contributed by atoms with Crippen molar-refractivity contribution in [1.82, 2.24) is 4.98 Å². The number of hydrogen-bond acceptors (Lipinski definition) is 5. The first-order valence-electron chi connectivity index (χ1n) is 3.69. The lowest BCUT2D eigenvalue weighted by Gasteiger charge is -1.98. The van der Waals surface area contributed by atoms with E-state index in [-0.39, 0.29) is 12.4 Å². The fourth-order valence-corrected chi connectivity index (χ4v) is 1.73. The van der Waals surface area contributed by atoms with Crippen LogP contribution in [0.15, 0.2) is 0 Å². The molecule has 0 aliphatic heterocycles. The molecule has 0 aliphatic rings. The zero-order valence-corrected chi connectivity index (χ0v) is 8.61. The molecule has 0 atom stereocenters. The van der Waals surface area contributed by atoms with Crippen LogP contribution in [0.25, 0.3) is 0 Å². The Morgan fingerprint density at radius 3 is 2.92 bits per heavy atom. The lowest BCUT2D eigenvalue weighted by atomic mass is 10.3. The van der Waals surface area contributed by atoms with Crippen molar-refractivity contribution in [2.75, 3.05) is 12.3 Å². The van der Waals surface area contributed by atoms with E-state index in [0.717, 1.165) is 11.3 Å². The number of anilines is 1. The zero-order chi connectivity index (χ0) is 9.84. The summed E-state index contributed by atoms with van der Waals surface area (Å²) in [6.45, 7) is 2.10. The monoisotopic (exact) mass is 220 g/mol. The van der Waals surface area contributed by atoms with Crippen molar-refractivity contribution in [3.8, 4) is 0 Å². The van der Waals surface area contributed by atoms with E-state index >= 15 is 0 Å². The Morgan fingerprint density at radius 1 is 1.77 bits per heavy atom. The maximum atomic E-state index is 11.0. The molecule has 0 spiro atoms. The molecule has 1 aromatic rings. The number of nitrogens with two attached hydrogens (primary N) is 1. The summed E-state index contributed by atoms with van der Waals surface area (Å²) in [7, 11) is 0. The van der Waals surface area contributed by atoms with Crippen LogP contribution >= 0.6 is 22.9 Å². The van der Waals surface area contributed by atoms with Gasteiger partial charge in [-0.15, -0.1) is 0 Å². The number of carbonyl (C=O) groups is 1. The second-order valence-electron chi connectivity index (χ2n) is 2.25. The Bertz CT molecular complexity index is 313. The number of ether oxygens (including phenoxy) is 1. The number of carbonyl (C=O) groups excluding carboxylic acids is 1. The second kappa shape index (κ2) is 4.43. The van der Waals surface area contributed by atoms with Gasteiger partial charge in [-0.05, 0) is 6.92 Å². The number of thiazole rings is 1. The molecule has 0 saturated carbocycles. The molecule has 2 N–H and O–H groups in total. The van der Waals surface area contributed by atoms with Crippen molar-refractivity contribution >= 4 is 34.0 Å². The summed E-state index contributed by atoms with van der Waals surface area (Å²) in [6, 6.07) is 0. The van der Waals surface area contributed by atoms with E-state index in [2.05, 4.69) is 4.98 Å². The largest absolute Gasteiger partial charge is 0.466 e. The molecule has 0 saturated heterocycles. The van der Waals surface area contributed by atoms with E-state index in [0.29, 0.717) is 21.8 Å². The normalized spacial score (nSPS) is 10.0. The number of esters is 1. The second-order valence-corrected chi connectivity index (χ2v) is 3.89. The molecule has 0 radical (unpaired) electrons. The molecule has 0 aliphatic carbocycles. The first-order valence-corrected chi connectivity index (χ1v) is 4.89. The van der Waals surface area contributed by atoms with Gasteiger partial charge in [-0.1, -0.05) is 22.9 Å². The quantitative estimate of drug-likeness (QED) is 0.784. The van der Waals surface area contributed by atoms with Crippen molar-refractivity contribution in [2.45, 2.75) is 13.3 Å². The number of aromatic nitrogens is 1. The Labute approximate surface area is 84.7 Å². The number of nitrogens with zero attached hydrogens (tertiary/aromatic N) is 1. The highest BCUT2D eigenvalue weighted by Gasteiger charge is 2.12. The van der Waals surface area contributed by atoms with Gasteiger partial charge in [-0.25, -0.2) is 4.98 Å². The molecule has 1 aromatic heterocycles. The van der Waals surface area contributed by atoms with Crippen LogP contribution in [0.5, 0.6) is 0 Å². The van der Waals surface area contributed by atoms with Gasteiger partial charge < -0.3 is 10.5 Å². The predicted molar refractivity (Wildman–Crippen MR) is 51.9 cm³/mol. The van der Waals surface area contributed by atoms with Crippen LogP contribution in [0.3, 0.4) is 0 Å². The van der Waals surface area contributed by atoms with Gasteiger partial charge in [0.25, 0.3) is 0 Å². The smallest absolute Gasteiger partial charge is 0.311 e. The molecule has 13 heavy (non-hydrogen) atoms. The van der Waals surface area contributed by atoms with E-state index in [1.165, 1.54) is 0 Å². The molecule has 0 amide bonds. The van der Waals surface area contributed by atoms with E-state index in [9.17, 15) is 4.79 Å². The van der Waals surface area contributed by atoms with E-state index in [4.69, 9.17) is 22.1 Å². The first kappa shape index (κ1) is 10.3. The van der Waals surface area contributed by atoms with Crippen LogP contribution in [0.4, 0.5) is 5.13 Å². The number of nitrogen functional groups attached to an aromatic ring is 1. The fourth-order valence-electron chi connectivity index (χ4n) is 0.808. The van der Waals surface area contributed by atoms with Crippen LogP contribution in [0.1, 0.15) is 12.6 Å². The van der Waals surface area contributed by atoms with Crippen LogP contribution in [0.2, 0.25) is 4.34 Å². The predicted octanol–water partition coefficient (Wildman–Crippen LogP) is 1.48. The minimum absolute atomic E-state index is 0.0837. The summed E-state index contributed by atoms with van der Waals surface area (Å²) in [5, 5.41) is 0.365. The van der Waals surface area contributed by atoms with Crippen molar-refractivity contribution in [1.29, 1.82) is 0 Å². The van der Waals surface area contributed by atoms with Crippen molar-refractivity contribution in [2.24, 2.45) is 0 Å². The lowest BCUT2D eigenvalue weighted by Crippen LogP contribution is -2.08. The zero-order valence-electron chi connectivity index (χ0n) is 7.04. The molecular weight excluding hydrogens is 212 g/mol. The Kier molecular flexibility index (Phi) is 3.50. The van der Waals surface area contributed by atoms with Gasteiger partial charge in [0.2, 0.25) is 0 Å². The lowest BCUT2D eigenvalue weighted by molar-refractivity contribution is -0.142. The van der Waals surface area contributed by atoms with Crippen LogP contribution in [-0.4, -0.2) is 17.6 Å². The molecule has 4 nitrogen and oxygen atoms in total. The topological polar surface area (TPSA) is 65.2 Å². The summed E-state index contributed by atoms with van der Waals surface area (Å²) < 4.78 is 5.19. The maximum absolute atomic E-state index is 11.0. The van der Waals surface area contributed by atoms with Gasteiger partial charge in [0.05, 0.1) is 18.7 Å². The summed E-state index contributed by atoms with van der Waals surface area (Å²) in [6.07, 6.45) is 0.0837. The van der Waals surface area contributed by atoms with E-state index < -0.39 is 0 Å². The summed E-state index contributed by atoms with van der Waals surface area (Å²) in [5.41, 5.74) is 5.89.